The lowest BCUT2D eigenvalue weighted by Gasteiger charge is -2.37. The molecule has 0 aromatic heterocycles. The molecule has 0 amide bonds. The highest BCUT2D eigenvalue weighted by atomic mass is 79.9. The van der Waals surface area contributed by atoms with Gasteiger partial charge in [0.25, 0.3) is 0 Å². The number of hydrogen-bond donors (Lipinski definition) is 0. The molecule has 2 aliphatic carbocycles. The van der Waals surface area contributed by atoms with Crippen molar-refractivity contribution in [3.63, 3.8) is 0 Å². The third kappa shape index (κ3) is 2.98. The molecule has 4 unspecified atom stereocenters. The molecule has 110 valence electrons. The van der Waals surface area contributed by atoms with Crippen molar-refractivity contribution in [1.29, 1.82) is 0 Å². The molecule has 0 N–H and O–H groups in total. The number of fused-ring (bicyclic) bond motifs is 1. The van der Waals surface area contributed by atoms with Crippen LogP contribution in [0.25, 0.3) is 0 Å². The van der Waals surface area contributed by atoms with Gasteiger partial charge in [-0.1, -0.05) is 61.2 Å². The first-order valence-electron chi connectivity index (χ1n) is 8.31. The molecule has 0 aliphatic heterocycles. The van der Waals surface area contributed by atoms with E-state index < -0.39 is 0 Å². The zero-order chi connectivity index (χ0) is 14.2. The van der Waals surface area contributed by atoms with Gasteiger partial charge in [0, 0.05) is 4.47 Å². The summed E-state index contributed by atoms with van der Waals surface area (Å²) in [7, 11) is 0. The SMILES string of the molecule is CC1CCC(C)(Cc2ccc(Br)cc2)C2CCCC2C1. The fourth-order valence-corrected chi connectivity index (χ4v) is 5.19. The maximum absolute atomic E-state index is 3.55. The Labute approximate surface area is 132 Å². The van der Waals surface area contributed by atoms with E-state index in [0.717, 1.165) is 17.8 Å². The topological polar surface area (TPSA) is 0 Å². The van der Waals surface area contributed by atoms with Crippen LogP contribution >= 0.6 is 15.9 Å². The monoisotopic (exact) mass is 334 g/mol. The zero-order valence-corrected chi connectivity index (χ0v) is 14.5. The van der Waals surface area contributed by atoms with Crippen LogP contribution in [0.3, 0.4) is 0 Å². The lowest BCUT2D eigenvalue weighted by molar-refractivity contribution is 0.141. The van der Waals surface area contributed by atoms with E-state index in [1.54, 1.807) is 0 Å². The fourth-order valence-electron chi connectivity index (χ4n) is 4.92. The Morgan fingerprint density at radius 1 is 1.15 bits per heavy atom. The lowest BCUT2D eigenvalue weighted by Crippen LogP contribution is -2.31. The molecule has 2 saturated carbocycles. The lowest BCUT2D eigenvalue weighted by atomic mass is 9.67. The Morgan fingerprint density at radius 2 is 1.90 bits per heavy atom. The van der Waals surface area contributed by atoms with E-state index in [2.05, 4.69) is 54.0 Å². The average molecular weight is 335 g/mol. The van der Waals surface area contributed by atoms with Crippen LogP contribution in [0.4, 0.5) is 0 Å². The summed E-state index contributed by atoms with van der Waals surface area (Å²) < 4.78 is 1.19. The van der Waals surface area contributed by atoms with E-state index in [9.17, 15) is 0 Å². The normalized spacial score (nSPS) is 37.5. The molecule has 0 bridgehead atoms. The van der Waals surface area contributed by atoms with Crippen molar-refractivity contribution in [1.82, 2.24) is 0 Å². The van der Waals surface area contributed by atoms with Gasteiger partial charge in [0.1, 0.15) is 0 Å². The predicted molar refractivity (Wildman–Crippen MR) is 89.8 cm³/mol. The van der Waals surface area contributed by atoms with Crippen molar-refractivity contribution < 1.29 is 0 Å². The molecule has 20 heavy (non-hydrogen) atoms. The summed E-state index contributed by atoms with van der Waals surface area (Å²) in [6, 6.07) is 9.02. The molecule has 1 heteroatoms. The van der Waals surface area contributed by atoms with Gasteiger partial charge in [-0.05, 0) is 66.5 Å². The Morgan fingerprint density at radius 3 is 2.65 bits per heavy atom. The first kappa shape index (κ1) is 14.6. The molecule has 2 aliphatic rings. The minimum Gasteiger partial charge on any atom is -0.0625 e. The molecule has 4 atom stereocenters. The highest BCUT2D eigenvalue weighted by molar-refractivity contribution is 9.10. The molecule has 0 radical (unpaired) electrons. The quantitative estimate of drug-likeness (QED) is 0.600. The Balaban J connectivity index is 1.82. The molecular weight excluding hydrogens is 308 g/mol. The van der Waals surface area contributed by atoms with E-state index in [4.69, 9.17) is 0 Å². The van der Waals surface area contributed by atoms with Gasteiger partial charge in [-0.15, -0.1) is 0 Å². The summed E-state index contributed by atoms with van der Waals surface area (Å²) in [4.78, 5) is 0. The smallest absolute Gasteiger partial charge is 0.0175 e. The van der Waals surface area contributed by atoms with E-state index in [-0.39, 0.29) is 0 Å². The molecule has 0 saturated heterocycles. The van der Waals surface area contributed by atoms with Crippen LogP contribution in [0.2, 0.25) is 0 Å². The summed E-state index contributed by atoms with van der Waals surface area (Å²) in [6.45, 7) is 5.05. The Hall–Kier alpha value is -0.300. The first-order chi connectivity index (χ1) is 9.57. The van der Waals surface area contributed by atoms with Crippen LogP contribution in [0.5, 0.6) is 0 Å². The third-order valence-corrected chi connectivity index (χ3v) is 6.52. The van der Waals surface area contributed by atoms with Crippen LogP contribution in [-0.4, -0.2) is 0 Å². The molecule has 1 aromatic carbocycles. The number of rotatable bonds is 2. The molecule has 0 heterocycles. The van der Waals surface area contributed by atoms with Crippen molar-refractivity contribution in [2.45, 2.75) is 58.8 Å². The number of halogens is 1. The second kappa shape index (κ2) is 5.83. The van der Waals surface area contributed by atoms with E-state index >= 15 is 0 Å². The highest BCUT2D eigenvalue weighted by Gasteiger charge is 2.43. The minimum atomic E-state index is 0.528. The van der Waals surface area contributed by atoms with Crippen LogP contribution in [0, 0.1) is 23.2 Å². The van der Waals surface area contributed by atoms with E-state index in [0.29, 0.717) is 5.41 Å². The summed E-state index contributed by atoms with van der Waals surface area (Å²) >= 11 is 3.55. The van der Waals surface area contributed by atoms with Crippen molar-refractivity contribution >= 4 is 15.9 Å². The number of benzene rings is 1. The molecule has 1 aromatic rings. The van der Waals surface area contributed by atoms with Crippen LogP contribution in [0.1, 0.15) is 57.9 Å². The van der Waals surface area contributed by atoms with Crippen molar-refractivity contribution in [2.24, 2.45) is 23.2 Å². The standard InChI is InChI=1S/C19H27Br/c1-14-10-11-19(2,18-5-3-4-16(18)12-14)13-15-6-8-17(20)9-7-15/h6-9,14,16,18H,3-5,10-13H2,1-2H3. The fraction of sp³-hybridized carbons (Fsp3) is 0.684. The molecule has 3 rings (SSSR count). The van der Waals surface area contributed by atoms with Crippen LogP contribution in [-0.2, 0) is 6.42 Å². The summed E-state index contributed by atoms with van der Waals surface area (Å²) in [5.41, 5.74) is 2.05. The maximum atomic E-state index is 3.55. The van der Waals surface area contributed by atoms with Gasteiger partial charge in [0.15, 0.2) is 0 Å². The molecule has 2 fully saturated rings. The maximum Gasteiger partial charge on any atom is 0.0175 e. The zero-order valence-electron chi connectivity index (χ0n) is 12.9. The number of hydrogen-bond acceptors (Lipinski definition) is 0. The van der Waals surface area contributed by atoms with Gasteiger partial charge in [0.05, 0.1) is 0 Å². The summed E-state index contributed by atoms with van der Waals surface area (Å²) in [6.07, 6.45) is 10.0. The van der Waals surface area contributed by atoms with Gasteiger partial charge in [-0.2, -0.15) is 0 Å². The predicted octanol–water partition coefficient (Wildman–Crippen LogP) is 6.23. The molecular formula is C19H27Br. The van der Waals surface area contributed by atoms with Gasteiger partial charge >= 0.3 is 0 Å². The minimum absolute atomic E-state index is 0.528. The third-order valence-electron chi connectivity index (χ3n) is 5.99. The second-order valence-corrected chi connectivity index (χ2v) is 8.55. The van der Waals surface area contributed by atoms with Gasteiger partial charge < -0.3 is 0 Å². The van der Waals surface area contributed by atoms with Gasteiger partial charge in [0.2, 0.25) is 0 Å². The second-order valence-electron chi connectivity index (χ2n) is 7.63. The van der Waals surface area contributed by atoms with E-state index in [1.807, 2.05) is 0 Å². The van der Waals surface area contributed by atoms with Crippen molar-refractivity contribution in [3.05, 3.63) is 34.3 Å². The summed E-state index contributed by atoms with van der Waals surface area (Å²) in [5, 5.41) is 0. The van der Waals surface area contributed by atoms with Gasteiger partial charge in [-0.25, -0.2) is 0 Å². The van der Waals surface area contributed by atoms with Crippen molar-refractivity contribution in [2.75, 3.05) is 0 Å². The van der Waals surface area contributed by atoms with Crippen LogP contribution in [0.15, 0.2) is 28.7 Å². The molecule has 0 nitrogen and oxygen atoms in total. The van der Waals surface area contributed by atoms with Gasteiger partial charge in [-0.3, -0.25) is 0 Å². The highest BCUT2D eigenvalue weighted by Crippen LogP contribution is 2.53. The largest absolute Gasteiger partial charge is 0.0625 e. The average Bonchev–Trinajstić information content (AvgIpc) is 2.84. The summed E-state index contributed by atoms with van der Waals surface area (Å²) in [5.74, 6) is 2.91. The van der Waals surface area contributed by atoms with Crippen LogP contribution < -0.4 is 0 Å². The molecule has 0 spiro atoms. The Kier molecular flexibility index (Phi) is 4.26. The first-order valence-corrected chi connectivity index (χ1v) is 9.10. The van der Waals surface area contributed by atoms with E-state index in [1.165, 1.54) is 55.0 Å². The van der Waals surface area contributed by atoms with Crippen molar-refractivity contribution in [3.8, 4) is 0 Å². The Bertz CT molecular complexity index is 449.